The molecular weight excluding hydrogens is 442 g/mol. The van der Waals surface area contributed by atoms with E-state index in [9.17, 15) is 13.6 Å². The Hall–Kier alpha value is -3.30. The quantitative estimate of drug-likeness (QED) is 0.488. The van der Waals surface area contributed by atoms with Crippen molar-refractivity contribution >= 4 is 22.4 Å². The number of aliphatic hydroxyl groups excluding tert-OH is 1. The second-order valence-electron chi connectivity index (χ2n) is 8.59. The smallest absolute Gasteiger partial charge is 0.295 e. The number of fused-ring (bicyclic) bond motifs is 1. The third kappa shape index (κ3) is 4.53. The monoisotopic (exact) mass is 470 g/mol. The number of aliphatic hydroxyl groups is 1. The highest BCUT2D eigenvalue weighted by molar-refractivity contribution is 6.09. The Kier molecular flexibility index (Phi) is 6.67. The summed E-state index contributed by atoms with van der Waals surface area (Å²) in [5.41, 5.74) is 3.08. The zero-order chi connectivity index (χ0) is 24.5. The fourth-order valence-electron chi connectivity index (χ4n) is 4.23. The van der Waals surface area contributed by atoms with Crippen LogP contribution in [0.1, 0.15) is 46.4 Å². The van der Waals surface area contributed by atoms with Crippen LogP contribution in [0.4, 0.5) is 8.78 Å². The van der Waals surface area contributed by atoms with Crippen LogP contribution in [0.5, 0.6) is 5.75 Å². The summed E-state index contributed by atoms with van der Waals surface area (Å²) in [6.07, 6.45) is 4.58. The first-order valence-electron chi connectivity index (χ1n) is 11.1. The Balaban J connectivity index is 1.68. The number of nitrogens with one attached hydrogen (secondary N) is 2. The van der Waals surface area contributed by atoms with E-state index in [2.05, 4.69) is 33.5 Å². The molecule has 4 rings (SSSR count). The number of ether oxygens (including phenoxy) is 1. The lowest BCUT2D eigenvalue weighted by Gasteiger charge is -2.24. The van der Waals surface area contributed by atoms with Crippen molar-refractivity contribution in [2.24, 2.45) is 0 Å². The van der Waals surface area contributed by atoms with Crippen LogP contribution in [0.25, 0.3) is 16.5 Å². The molecule has 34 heavy (non-hydrogen) atoms. The molecule has 1 aromatic heterocycles. The lowest BCUT2D eigenvalue weighted by molar-refractivity contribution is -0.0556. The SMILES string of the molecule is COc1c(C2=CCN(C)CC2)cc(C(=O)NC(C)c2cccc(C(F)(F)CO)c2)c2[nH]ncc12. The number of methoxy groups -OCH3 is 1. The maximum atomic E-state index is 13.9. The topological polar surface area (TPSA) is 90.5 Å². The minimum Gasteiger partial charge on any atom is -0.495 e. The van der Waals surface area contributed by atoms with E-state index in [0.29, 0.717) is 27.8 Å². The van der Waals surface area contributed by atoms with Gasteiger partial charge in [-0.2, -0.15) is 13.9 Å². The van der Waals surface area contributed by atoms with Crippen molar-refractivity contribution in [3.63, 3.8) is 0 Å². The average molecular weight is 471 g/mol. The Bertz CT molecular complexity index is 1240. The molecule has 3 aromatic rings. The summed E-state index contributed by atoms with van der Waals surface area (Å²) < 4.78 is 33.6. The van der Waals surface area contributed by atoms with Crippen LogP contribution in [0.15, 0.2) is 42.6 Å². The van der Waals surface area contributed by atoms with Gasteiger partial charge >= 0.3 is 0 Å². The number of rotatable bonds is 7. The highest BCUT2D eigenvalue weighted by atomic mass is 19.3. The molecule has 1 aliphatic heterocycles. The number of amides is 1. The molecule has 180 valence electrons. The summed E-state index contributed by atoms with van der Waals surface area (Å²) in [4.78, 5) is 15.6. The highest BCUT2D eigenvalue weighted by Crippen LogP contribution is 2.38. The third-order valence-electron chi connectivity index (χ3n) is 6.25. The maximum absolute atomic E-state index is 13.9. The van der Waals surface area contributed by atoms with Gasteiger partial charge in [0.05, 0.1) is 35.8 Å². The molecule has 0 radical (unpaired) electrons. The van der Waals surface area contributed by atoms with Gasteiger partial charge in [-0.25, -0.2) is 0 Å². The molecule has 1 amide bonds. The largest absolute Gasteiger partial charge is 0.495 e. The Morgan fingerprint density at radius 3 is 2.85 bits per heavy atom. The fraction of sp³-hybridized carbons (Fsp3) is 0.360. The number of nitrogens with zero attached hydrogens (tertiary/aromatic N) is 2. The second-order valence-corrected chi connectivity index (χ2v) is 8.59. The Morgan fingerprint density at radius 1 is 1.38 bits per heavy atom. The lowest BCUT2D eigenvalue weighted by atomic mass is 9.94. The number of carbonyl (C=O) groups excluding carboxylic acids is 1. The molecule has 2 heterocycles. The van der Waals surface area contributed by atoms with Gasteiger partial charge in [-0.05, 0) is 43.7 Å². The molecule has 0 saturated carbocycles. The van der Waals surface area contributed by atoms with Gasteiger partial charge in [-0.1, -0.05) is 24.3 Å². The van der Waals surface area contributed by atoms with E-state index in [0.717, 1.165) is 30.6 Å². The van der Waals surface area contributed by atoms with Crippen molar-refractivity contribution in [3.8, 4) is 5.75 Å². The molecule has 1 atom stereocenters. The van der Waals surface area contributed by atoms with Crippen LogP contribution >= 0.6 is 0 Å². The number of likely N-dealkylation sites (N-methyl/N-ethyl adjacent to an activating group) is 1. The predicted octanol–water partition coefficient (Wildman–Crippen LogP) is 3.87. The van der Waals surface area contributed by atoms with Crippen molar-refractivity contribution < 1.29 is 23.4 Å². The summed E-state index contributed by atoms with van der Waals surface area (Å²) in [5.74, 6) is -3.06. The van der Waals surface area contributed by atoms with Crippen LogP contribution in [0.2, 0.25) is 0 Å². The van der Waals surface area contributed by atoms with Gasteiger partial charge in [0.15, 0.2) is 0 Å². The zero-order valence-electron chi connectivity index (χ0n) is 19.4. The third-order valence-corrected chi connectivity index (χ3v) is 6.25. The molecule has 3 N–H and O–H groups in total. The van der Waals surface area contributed by atoms with Crippen LogP contribution < -0.4 is 10.1 Å². The normalized spacial score (nSPS) is 15.8. The van der Waals surface area contributed by atoms with Crippen molar-refractivity contribution in [2.75, 3.05) is 33.9 Å². The van der Waals surface area contributed by atoms with E-state index in [1.165, 1.54) is 18.2 Å². The van der Waals surface area contributed by atoms with Crippen molar-refractivity contribution in [1.29, 1.82) is 0 Å². The standard InChI is InChI=1S/C25H28F2N4O3/c1-15(17-5-4-6-18(11-17)25(26,27)14-32)29-24(33)20-12-19(16-7-9-31(2)10-8-16)23(34-3)21-13-28-30-22(20)21/h4-7,11-13,15,32H,8-10,14H2,1-3H3,(H,28,30)(H,29,33). The van der Waals surface area contributed by atoms with E-state index < -0.39 is 18.6 Å². The first-order valence-corrected chi connectivity index (χ1v) is 11.1. The van der Waals surface area contributed by atoms with Crippen LogP contribution in [-0.2, 0) is 5.92 Å². The molecule has 0 fully saturated rings. The van der Waals surface area contributed by atoms with Gasteiger partial charge in [0.1, 0.15) is 12.4 Å². The van der Waals surface area contributed by atoms with Gasteiger partial charge in [0.2, 0.25) is 0 Å². The number of halogens is 2. The molecule has 0 bridgehead atoms. The van der Waals surface area contributed by atoms with Gasteiger partial charge in [0.25, 0.3) is 11.8 Å². The first kappa shape index (κ1) is 23.8. The number of alkyl halides is 2. The highest BCUT2D eigenvalue weighted by Gasteiger charge is 2.31. The summed E-state index contributed by atoms with van der Waals surface area (Å²) in [6.45, 7) is 2.14. The summed E-state index contributed by atoms with van der Waals surface area (Å²) >= 11 is 0. The number of aromatic amines is 1. The van der Waals surface area contributed by atoms with E-state index >= 15 is 0 Å². The summed E-state index contributed by atoms with van der Waals surface area (Å²) in [5, 5.41) is 19.6. The second kappa shape index (κ2) is 9.52. The minimum atomic E-state index is -3.35. The van der Waals surface area contributed by atoms with Gasteiger partial charge in [0, 0.05) is 24.2 Å². The Labute approximate surface area is 196 Å². The number of H-pyrrole nitrogens is 1. The van der Waals surface area contributed by atoms with E-state index in [4.69, 9.17) is 9.84 Å². The zero-order valence-corrected chi connectivity index (χ0v) is 19.4. The molecular formula is C25H28F2N4O3. The number of hydrogen-bond donors (Lipinski definition) is 3. The molecule has 7 nitrogen and oxygen atoms in total. The van der Waals surface area contributed by atoms with Crippen LogP contribution in [0, 0.1) is 0 Å². The van der Waals surface area contributed by atoms with E-state index in [-0.39, 0.29) is 11.5 Å². The summed E-state index contributed by atoms with van der Waals surface area (Å²) in [6, 6.07) is 6.96. The van der Waals surface area contributed by atoms with Crippen molar-refractivity contribution in [3.05, 3.63) is 64.9 Å². The first-order chi connectivity index (χ1) is 16.2. The molecule has 1 aliphatic rings. The molecule has 0 aliphatic carbocycles. The fourth-order valence-corrected chi connectivity index (χ4v) is 4.23. The van der Waals surface area contributed by atoms with E-state index in [1.54, 1.807) is 32.4 Å². The molecule has 2 aromatic carbocycles. The Morgan fingerprint density at radius 2 is 2.18 bits per heavy atom. The summed E-state index contributed by atoms with van der Waals surface area (Å²) in [7, 11) is 3.65. The molecule has 0 spiro atoms. The lowest BCUT2D eigenvalue weighted by Crippen LogP contribution is -2.28. The molecule has 1 unspecified atom stereocenters. The van der Waals surface area contributed by atoms with Crippen molar-refractivity contribution in [1.82, 2.24) is 20.4 Å². The predicted molar refractivity (Wildman–Crippen MR) is 126 cm³/mol. The number of hydrogen-bond acceptors (Lipinski definition) is 5. The van der Waals surface area contributed by atoms with Gasteiger partial charge in [-0.15, -0.1) is 0 Å². The van der Waals surface area contributed by atoms with Crippen LogP contribution in [-0.4, -0.2) is 60.0 Å². The van der Waals surface area contributed by atoms with Gasteiger partial charge in [-0.3, -0.25) is 9.89 Å². The van der Waals surface area contributed by atoms with Crippen LogP contribution in [0.3, 0.4) is 0 Å². The number of benzene rings is 2. The van der Waals surface area contributed by atoms with Crippen molar-refractivity contribution in [2.45, 2.75) is 25.3 Å². The number of carbonyl (C=O) groups is 1. The average Bonchev–Trinajstić information content (AvgIpc) is 3.33. The minimum absolute atomic E-state index is 0.300. The van der Waals surface area contributed by atoms with E-state index in [1.807, 2.05) is 0 Å². The maximum Gasteiger partial charge on any atom is 0.295 e. The molecule has 9 heteroatoms. The molecule has 0 saturated heterocycles. The number of aromatic nitrogens is 2. The van der Waals surface area contributed by atoms with Gasteiger partial charge < -0.3 is 20.1 Å².